The van der Waals surface area contributed by atoms with Crippen molar-refractivity contribution in [2.45, 2.75) is 13.5 Å². The van der Waals surface area contributed by atoms with E-state index in [0.717, 1.165) is 16.9 Å². The molecule has 0 atom stereocenters. The number of aryl methyl sites for hydroxylation is 1. The summed E-state index contributed by atoms with van der Waals surface area (Å²) in [6, 6.07) is 5.82. The summed E-state index contributed by atoms with van der Waals surface area (Å²) >= 11 is 6.11. The Morgan fingerprint density at radius 1 is 1.44 bits per heavy atom. The van der Waals surface area contributed by atoms with E-state index in [4.69, 9.17) is 11.6 Å². The maximum absolute atomic E-state index is 6.11. The van der Waals surface area contributed by atoms with Crippen LogP contribution in [0.5, 0.6) is 0 Å². The molecule has 0 aliphatic rings. The Balaban J connectivity index is 2.38. The van der Waals surface area contributed by atoms with Gasteiger partial charge in [0, 0.05) is 6.54 Å². The number of benzene rings is 1. The standard InChI is InChI=1S/C11H13ClN4/c1-8-3-4-10(12)11(5-8)16-7-9(6-13-2)14-15-16/h3-5,7,13H,6H2,1-2H3. The second-order valence-corrected chi connectivity index (χ2v) is 4.05. The van der Waals surface area contributed by atoms with Crippen molar-refractivity contribution in [3.63, 3.8) is 0 Å². The van der Waals surface area contributed by atoms with E-state index < -0.39 is 0 Å². The number of nitrogens with zero attached hydrogens (tertiary/aromatic N) is 3. The van der Waals surface area contributed by atoms with Gasteiger partial charge in [-0.2, -0.15) is 0 Å². The summed E-state index contributed by atoms with van der Waals surface area (Å²) in [6.45, 7) is 2.72. The minimum atomic E-state index is 0.673. The average molecular weight is 237 g/mol. The van der Waals surface area contributed by atoms with Crippen LogP contribution < -0.4 is 5.32 Å². The predicted molar refractivity (Wildman–Crippen MR) is 63.9 cm³/mol. The SMILES string of the molecule is CNCc1cn(-c2cc(C)ccc2Cl)nn1. The van der Waals surface area contributed by atoms with Gasteiger partial charge >= 0.3 is 0 Å². The fourth-order valence-electron chi connectivity index (χ4n) is 1.48. The Bertz CT molecular complexity index is 492. The molecule has 1 N–H and O–H groups in total. The molecule has 0 fully saturated rings. The van der Waals surface area contributed by atoms with E-state index in [1.54, 1.807) is 4.68 Å². The molecule has 0 saturated carbocycles. The number of rotatable bonds is 3. The Kier molecular flexibility index (Phi) is 3.22. The summed E-state index contributed by atoms with van der Waals surface area (Å²) < 4.78 is 1.70. The van der Waals surface area contributed by atoms with E-state index in [2.05, 4.69) is 15.6 Å². The topological polar surface area (TPSA) is 42.7 Å². The van der Waals surface area contributed by atoms with Gasteiger partial charge in [-0.25, -0.2) is 4.68 Å². The highest BCUT2D eigenvalue weighted by Crippen LogP contribution is 2.20. The van der Waals surface area contributed by atoms with Gasteiger partial charge in [0.15, 0.2) is 0 Å². The molecule has 0 saturated heterocycles. The fourth-order valence-corrected chi connectivity index (χ4v) is 1.68. The molecule has 1 heterocycles. The highest BCUT2D eigenvalue weighted by Gasteiger charge is 2.06. The molecule has 16 heavy (non-hydrogen) atoms. The molecule has 1 aromatic carbocycles. The molecule has 2 rings (SSSR count). The Morgan fingerprint density at radius 3 is 3.00 bits per heavy atom. The minimum Gasteiger partial charge on any atom is -0.314 e. The van der Waals surface area contributed by atoms with Gasteiger partial charge in [0.05, 0.1) is 22.6 Å². The molecular weight excluding hydrogens is 224 g/mol. The molecule has 1 aromatic heterocycles. The van der Waals surface area contributed by atoms with Crippen molar-refractivity contribution in [2.75, 3.05) is 7.05 Å². The molecular formula is C11H13ClN4. The van der Waals surface area contributed by atoms with E-state index in [0.29, 0.717) is 11.6 Å². The third-order valence-corrected chi connectivity index (χ3v) is 2.57. The first-order valence-corrected chi connectivity index (χ1v) is 5.41. The largest absolute Gasteiger partial charge is 0.314 e. The molecule has 0 radical (unpaired) electrons. The smallest absolute Gasteiger partial charge is 0.0969 e. The quantitative estimate of drug-likeness (QED) is 0.886. The van der Waals surface area contributed by atoms with Gasteiger partial charge in [-0.3, -0.25) is 0 Å². The Labute approximate surface area is 99.2 Å². The van der Waals surface area contributed by atoms with Crippen molar-refractivity contribution in [3.05, 3.63) is 40.7 Å². The van der Waals surface area contributed by atoms with Crippen molar-refractivity contribution in [1.82, 2.24) is 20.3 Å². The van der Waals surface area contributed by atoms with Crippen molar-refractivity contribution in [1.29, 1.82) is 0 Å². The third kappa shape index (κ3) is 2.23. The van der Waals surface area contributed by atoms with Crippen LogP contribution in [0, 0.1) is 6.92 Å². The van der Waals surface area contributed by atoms with E-state index >= 15 is 0 Å². The number of hydrogen-bond donors (Lipinski definition) is 1. The lowest BCUT2D eigenvalue weighted by atomic mass is 10.2. The molecule has 2 aromatic rings. The first-order valence-electron chi connectivity index (χ1n) is 5.03. The summed E-state index contributed by atoms with van der Waals surface area (Å²) in [5.74, 6) is 0. The molecule has 0 aliphatic carbocycles. The third-order valence-electron chi connectivity index (χ3n) is 2.25. The molecule has 0 amide bonds. The van der Waals surface area contributed by atoms with Crippen molar-refractivity contribution in [2.24, 2.45) is 0 Å². The van der Waals surface area contributed by atoms with Crippen molar-refractivity contribution < 1.29 is 0 Å². The van der Waals surface area contributed by atoms with Crippen LogP contribution in [0.1, 0.15) is 11.3 Å². The normalized spacial score (nSPS) is 10.7. The number of nitrogens with one attached hydrogen (secondary N) is 1. The lowest BCUT2D eigenvalue weighted by Gasteiger charge is -2.03. The van der Waals surface area contributed by atoms with Crippen molar-refractivity contribution >= 4 is 11.6 Å². The summed E-state index contributed by atoms with van der Waals surface area (Å²) in [5.41, 5.74) is 2.89. The number of aromatic nitrogens is 3. The first-order chi connectivity index (χ1) is 7.70. The fraction of sp³-hybridized carbons (Fsp3) is 0.273. The van der Waals surface area contributed by atoms with Crippen LogP contribution in [0.4, 0.5) is 0 Å². The molecule has 0 spiro atoms. The number of halogens is 1. The maximum Gasteiger partial charge on any atom is 0.0969 e. The van der Waals surface area contributed by atoms with Gasteiger partial charge in [-0.05, 0) is 31.7 Å². The second kappa shape index (κ2) is 4.63. The van der Waals surface area contributed by atoms with Gasteiger partial charge in [0.25, 0.3) is 0 Å². The lowest BCUT2D eigenvalue weighted by Crippen LogP contribution is -2.05. The minimum absolute atomic E-state index is 0.673. The van der Waals surface area contributed by atoms with Gasteiger partial charge < -0.3 is 5.32 Å². The van der Waals surface area contributed by atoms with Gasteiger partial charge in [0.2, 0.25) is 0 Å². The van der Waals surface area contributed by atoms with Crippen LogP contribution in [0.25, 0.3) is 5.69 Å². The van der Waals surface area contributed by atoms with Crippen LogP contribution in [-0.2, 0) is 6.54 Å². The molecule has 5 heteroatoms. The summed E-state index contributed by atoms with van der Waals surface area (Å²) in [6.07, 6.45) is 1.87. The first kappa shape index (κ1) is 11.1. The zero-order valence-electron chi connectivity index (χ0n) is 9.24. The molecule has 0 unspecified atom stereocenters. The monoisotopic (exact) mass is 236 g/mol. The molecule has 0 bridgehead atoms. The van der Waals surface area contributed by atoms with E-state index in [1.807, 2.05) is 38.4 Å². The van der Waals surface area contributed by atoms with Gasteiger partial charge in [-0.1, -0.05) is 22.9 Å². The second-order valence-electron chi connectivity index (χ2n) is 3.64. The lowest BCUT2D eigenvalue weighted by molar-refractivity contribution is 0.767. The predicted octanol–water partition coefficient (Wildman–Crippen LogP) is 1.95. The van der Waals surface area contributed by atoms with Crippen molar-refractivity contribution in [3.8, 4) is 5.69 Å². The van der Waals surface area contributed by atoms with E-state index in [1.165, 1.54) is 0 Å². The van der Waals surface area contributed by atoms with E-state index in [9.17, 15) is 0 Å². The van der Waals surface area contributed by atoms with Crippen LogP contribution in [0.2, 0.25) is 5.02 Å². The average Bonchev–Trinajstić information content (AvgIpc) is 2.71. The highest BCUT2D eigenvalue weighted by molar-refractivity contribution is 6.32. The molecule has 84 valence electrons. The van der Waals surface area contributed by atoms with Crippen LogP contribution >= 0.6 is 11.6 Å². The zero-order chi connectivity index (χ0) is 11.5. The van der Waals surface area contributed by atoms with E-state index in [-0.39, 0.29) is 0 Å². The maximum atomic E-state index is 6.11. The summed E-state index contributed by atoms with van der Waals surface area (Å²) in [7, 11) is 1.87. The zero-order valence-corrected chi connectivity index (χ0v) is 9.99. The Morgan fingerprint density at radius 2 is 2.25 bits per heavy atom. The molecule has 0 aliphatic heterocycles. The van der Waals surface area contributed by atoms with Crippen LogP contribution in [-0.4, -0.2) is 22.0 Å². The Hall–Kier alpha value is -1.39. The van der Waals surface area contributed by atoms with Gasteiger partial charge in [-0.15, -0.1) is 5.10 Å². The summed E-state index contributed by atoms with van der Waals surface area (Å²) in [4.78, 5) is 0. The number of hydrogen-bond acceptors (Lipinski definition) is 3. The highest BCUT2D eigenvalue weighted by atomic mass is 35.5. The molecule has 4 nitrogen and oxygen atoms in total. The van der Waals surface area contributed by atoms with Crippen LogP contribution in [0.3, 0.4) is 0 Å². The van der Waals surface area contributed by atoms with Gasteiger partial charge in [0.1, 0.15) is 0 Å². The van der Waals surface area contributed by atoms with Crippen LogP contribution in [0.15, 0.2) is 24.4 Å². The summed E-state index contributed by atoms with van der Waals surface area (Å²) in [5, 5.41) is 11.8.